The molecule has 0 N–H and O–H groups in total. The quantitative estimate of drug-likeness (QED) is 0.842. The summed E-state index contributed by atoms with van der Waals surface area (Å²) in [5.74, 6) is 1.40. The van der Waals surface area contributed by atoms with Gasteiger partial charge in [-0.15, -0.1) is 10.2 Å². The van der Waals surface area contributed by atoms with E-state index in [0.29, 0.717) is 17.5 Å². The van der Waals surface area contributed by atoms with Crippen LogP contribution in [0.1, 0.15) is 51.1 Å². The van der Waals surface area contributed by atoms with Crippen molar-refractivity contribution in [2.24, 2.45) is 5.41 Å². The second kappa shape index (κ2) is 6.30. The van der Waals surface area contributed by atoms with Crippen LogP contribution in [0.5, 0.6) is 0 Å². The molecule has 0 radical (unpaired) electrons. The fourth-order valence-corrected chi connectivity index (χ4v) is 2.81. The van der Waals surface area contributed by atoms with Crippen molar-refractivity contribution in [1.29, 1.82) is 0 Å². The van der Waals surface area contributed by atoms with E-state index in [0.717, 1.165) is 31.6 Å². The summed E-state index contributed by atoms with van der Waals surface area (Å²) >= 11 is 0. The summed E-state index contributed by atoms with van der Waals surface area (Å²) < 4.78 is 5.78. The van der Waals surface area contributed by atoms with Crippen molar-refractivity contribution in [3.8, 4) is 11.6 Å². The monoisotopic (exact) mass is 329 g/mol. The van der Waals surface area contributed by atoms with Crippen molar-refractivity contribution in [3.63, 3.8) is 0 Å². The molecule has 2 aromatic rings. The van der Waals surface area contributed by atoms with Gasteiger partial charge in [0.25, 0.3) is 5.89 Å². The number of amides is 1. The minimum absolute atomic E-state index is 0.189. The Bertz CT molecular complexity index is 709. The van der Waals surface area contributed by atoms with Crippen LogP contribution in [-0.2, 0) is 4.79 Å². The third-order valence-corrected chi connectivity index (χ3v) is 4.21. The van der Waals surface area contributed by atoms with E-state index in [2.05, 4.69) is 20.2 Å². The highest BCUT2D eigenvalue weighted by Crippen LogP contribution is 2.30. The fraction of sp³-hybridized carbons (Fsp3) is 0.588. The Morgan fingerprint density at radius 3 is 2.46 bits per heavy atom. The van der Waals surface area contributed by atoms with Crippen LogP contribution in [-0.4, -0.2) is 44.1 Å². The van der Waals surface area contributed by atoms with Gasteiger partial charge in [-0.3, -0.25) is 9.78 Å². The number of rotatable bonds is 2. The normalized spacial score (nSPS) is 16.4. The number of carbonyl (C=O) groups excluding carboxylic acids is 1. The van der Waals surface area contributed by atoms with Gasteiger partial charge < -0.3 is 9.32 Å². The summed E-state index contributed by atoms with van der Waals surface area (Å²) in [5, 5.41) is 8.25. The van der Waals surface area contributed by atoms with E-state index in [9.17, 15) is 4.79 Å². The lowest BCUT2D eigenvalue weighted by Gasteiger charge is -2.34. The second-order valence-electron chi connectivity index (χ2n) is 7.30. The number of aromatic nitrogens is 4. The predicted molar refractivity (Wildman–Crippen MR) is 88.1 cm³/mol. The average molecular weight is 329 g/mol. The van der Waals surface area contributed by atoms with E-state index in [-0.39, 0.29) is 17.2 Å². The lowest BCUT2D eigenvalue weighted by Crippen LogP contribution is -2.43. The zero-order valence-electron chi connectivity index (χ0n) is 14.6. The number of carbonyl (C=O) groups is 1. The first kappa shape index (κ1) is 16.5. The van der Waals surface area contributed by atoms with E-state index in [1.54, 1.807) is 12.4 Å². The maximum Gasteiger partial charge on any atom is 0.267 e. The number of aryl methyl sites for hydroxylation is 1. The molecule has 1 amide bonds. The van der Waals surface area contributed by atoms with Gasteiger partial charge in [-0.1, -0.05) is 20.8 Å². The first-order chi connectivity index (χ1) is 11.3. The summed E-state index contributed by atoms with van der Waals surface area (Å²) in [7, 11) is 0. The average Bonchev–Trinajstić information content (AvgIpc) is 3.04. The van der Waals surface area contributed by atoms with Gasteiger partial charge in [0.2, 0.25) is 11.8 Å². The van der Waals surface area contributed by atoms with Crippen LogP contribution in [0.3, 0.4) is 0 Å². The van der Waals surface area contributed by atoms with Gasteiger partial charge in [0, 0.05) is 30.6 Å². The molecule has 1 aliphatic rings. The molecular formula is C17H23N5O2. The molecule has 3 heterocycles. The Kier molecular flexibility index (Phi) is 4.34. The van der Waals surface area contributed by atoms with Crippen molar-refractivity contribution in [2.45, 2.75) is 46.5 Å². The van der Waals surface area contributed by atoms with Crippen molar-refractivity contribution in [2.75, 3.05) is 13.1 Å². The largest absolute Gasteiger partial charge is 0.419 e. The van der Waals surface area contributed by atoms with Gasteiger partial charge in [-0.25, -0.2) is 4.98 Å². The lowest BCUT2D eigenvalue weighted by atomic mass is 9.91. The zero-order chi connectivity index (χ0) is 17.3. The molecule has 1 saturated heterocycles. The van der Waals surface area contributed by atoms with E-state index in [1.807, 2.05) is 32.6 Å². The zero-order valence-corrected chi connectivity index (χ0v) is 14.6. The molecule has 7 heteroatoms. The molecule has 0 aromatic carbocycles. The Hall–Kier alpha value is -2.31. The van der Waals surface area contributed by atoms with Crippen LogP contribution in [0.2, 0.25) is 0 Å². The predicted octanol–water partition coefficient (Wildman–Crippen LogP) is 2.59. The van der Waals surface area contributed by atoms with Gasteiger partial charge in [0.05, 0.1) is 11.9 Å². The summed E-state index contributed by atoms with van der Waals surface area (Å²) in [6, 6.07) is 0. The minimum Gasteiger partial charge on any atom is -0.419 e. The van der Waals surface area contributed by atoms with Crippen LogP contribution in [0, 0.1) is 12.3 Å². The SMILES string of the molecule is Cc1cnc(-c2nnc(C3CCN(C(=O)C(C)(C)C)CC3)o2)cn1. The lowest BCUT2D eigenvalue weighted by molar-refractivity contribution is -0.140. The Morgan fingerprint density at radius 2 is 1.88 bits per heavy atom. The molecule has 0 bridgehead atoms. The van der Waals surface area contributed by atoms with Crippen LogP contribution in [0.4, 0.5) is 0 Å². The Morgan fingerprint density at radius 1 is 1.17 bits per heavy atom. The van der Waals surface area contributed by atoms with Gasteiger partial charge in [0.1, 0.15) is 5.69 Å². The van der Waals surface area contributed by atoms with E-state index >= 15 is 0 Å². The molecular weight excluding hydrogens is 306 g/mol. The van der Waals surface area contributed by atoms with Crippen LogP contribution in [0.15, 0.2) is 16.8 Å². The number of hydrogen-bond donors (Lipinski definition) is 0. The van der Waals surface area contributed by atoms with Crippen LogP contribution < -0.4 is 0 Å². The van der Waals surface area contributed by atoms with Crippen molar-refractivity contribution in [3.05, 3.63) is 24.0 Å². The standard InChI is InChI=1S/C17H23N5O2/c1-11-9-19-13(10-18-11)15-21-20-14(24-15)12-5-7-22(8-6-12)16(23)17(2,3)4/h9-10,12H,5-8H2,1-4H3. The number of piperidine rings is 1. The maximum absolute atomic E-state index is 12.3. The molecule has 2 aromatic heterocycles. The maximum atomic E-state index is 12.3. The highest BCUT2D eigenvalue weighted by molar-refractivity contribution is 5.81. The first-order valence-electron chi connectivity index (χ1n) is 8.26. The van der Waals surface area contributed by atoms with E-state index in [4.69, 9.17) is 4.42 Å². The second-order valence-corrected chi connectivity index (χ2v) is 7.30. The molecule has 1 aliphatic heterocycles. The highest BCUT2D eigenvalue weighted by Gasteiger charge is 2.32. The smallest absolute Gasteiger partial charge is 0.267 e. The van der Waals surface area contributed by atoms with Crippen molar-refractivity contribution in [1.82, 2.24) is 25.1 Å². The van der Waals surface area contributed by atoms with E-state index in [1.165, 1.54) is 0 Å². The summed E-state index contributed by atoms with van der Waals surface area (Å²) in [6.07, 6.45) is 4.99. The Balaban J connectivity index is 1.65. The van der Waals surface area contributed by atoms with Gasteiger partial charge in [0.15, 0.2) is 0 Å². The topological polar surface area (TPSA) is 85.0 Å². The van der Waals surface area contributed by atoms with Gasteiger partial charge in [-0.05, 0) is 19.8 Å². The highest BCUT2D eigenvalue weighted by atomic mass is 16.4. The molecule has 3 rings (SSSR count). The molecule has 128 valence electrons. The van der Waals surface area contributed by atoms with Crippen molar-refractivity contribution < 1.29 is 9.21 Å². The molecule has 0 saturated carbocycles. The van der Waals surface area contributed by atoms with Crippen LogP contribution in [0.25, 0.3) is 11.6 Å². The molecule has 0 unspecified atom stereocenters. The molecule has 24 heavy (non-hydrogen) atoms. The molecule has 1 fully saturated rings. The molecule has 0 aliphatic carbocycles. The van der Waals surface area contributed by atoms with Crippen LogP contribution >= 0.6 is 0 Å². The third-order valence-electron chi connectivity index (χ3n) is 4.21. The first-order valence-corrected chi connectivity index (χ1v) is 8.26. The third kappa shape index (κ3) is 3.44. The number of likely N-dealkylation sites (tertiary alicyclic amines) is 1. The number of nitrogens with zero attached hydrogens (tertiary/aromatic N) is 5. The molecule has 7 nitrogen and oxygen atoms in total. The van der Waals surface area contributed by atoms with Gasteiger partial charge in [-0.2, -0.15) is 0 Å². The Labute approximate surface area is 141 Å². The van der Waals surface area contributed by atoms with Crippen molar-refractivity contribution >= 4 is 5.91 Å². The molecule has 0 atom stereocenters. The summed E-state index contributed by atoms with van der Waals surface area (Å²) in [6.45, 7) is 9.19. The summed E-state index contributed by atoms with van der Waals surface area (Å²) in [5.41, 5.74) is 1.09. The van der Waals surface area contributed by atoms with Gasteiger partial charge >= 0.3 is 0 Å². The number of hydrogen-bond acceptors (Lipinski definition) is 6. The fourth-order valence-electron chi connectivity index (χ4n) is 2.81. The summed E-state index contributed by atoms with van der Waals surface area (Å²) in [4.78, 5) is 22.7. The minimum atomic E-state index is -0.339. The molecule has 0 spiro atoms. The van der Waals surface area contributed by atoms with E-state index < -0.39 is 0 Å².